The Kier molecular flexibility index (Phi) is 7.18. The number of rotatable bonds is 6. The fourth-order valence-electron chi connectivity index (χ4n) is 5.44. The zero-order valence-corrected chi connectivity index (χ0v) is 22.1. The number of Topliss-reactive ketones (excluding diaryl/α,β-unsaturated/α-hetero) is 1. The van der Waals surface area contributed by atoms with Crippen LogP contribution in [0.4, 0.5) is 4.79 Å². The van der Waals surface area contributed by atoms with Crippen LogP contribution in [-0.2, 0) is 36.6 Å². The van der Waals surface area contributed by atoms with Crippen LogP contribution >= 0.6 is 0 Å². The number of hydrogen-bond acceptors (Lipinski definition) is 6. The van der Waals surface area contributed by atoms with Gasteiger partial charge in [0.25, 0.3) is 0 Å². The van der Waals surface area contributed by atoms with E-state index in [0.29, 0.717) is 32.5 Å². The van der Waals surface area contributed by atoms with Gasteiger partial charge in [0.1, 0.15) is 12.4 Å². The Labute approximate surface area is 219 Å². The largest absolute Gasteiger partial charge is 0.494 e. The van der Waals surface area contributed by atoms with E-state index in [-0.39, 0.29) is 36.5 Å². The Balaban J connectivity index is 1.21. The highest BCUT2D eigenvalue weighted by Crippen LogP contribution is 2.37. The Morgan fingerprint density at radius 1 is 0.919 bits per heavy atom. The maximum Gasteiger partial charge on any atom is 0.494 e. The summed E-state index contributed by atoms with van der Waals surface area (Å²) in [4.78, 5) is 28.1. The number of amides is 1. The number of piperidine rings is 1. The van der Waals surface area contributed by atoms with Crippen LogP contribution in [0.1, 0.15) is 51.7 Å². The number of hydrogen-bond donors (Lipinski definition) is 0. The molecule has 2 bridgehead atoms. The number of nitrogens with zero attached hydrogens (tertiary/aromatic N) is 1. The van der Waals surface area contributed by atoms with Gasteiger partial charge >= 0.3 is 13.2 Å². The van der Waals surface area contributed by atoms with Crippen molar-refractivity contribution in [3.8, 4) is 0 Å². The first-order chi connectivity index (χ1) is 17.6. The lowest BCUT2D eigenvalue weighted by Gasteiger charge is -2.47. The van der Waals surface area contributed by atoms with Crippen LogP contribution in [0.5, 0.6) is 0 Å². The van der Waals surface area contributed by atoms with Gasteiger partial charge in [-0.15, -0.1) is 0 Å². The monoisotopic (exact) mass is 505 g/mol. The van der Waals surface area contributed by atoms with Crippen LogP contribution in [0.3, 0.4) is 0 Å². The minimum absolute atomic E-state index is 0.113. The predicted molar refractivity (Wildman–Crippen MR) is 140 cm³/mol. The second kappa shape index (κ2) is 10.2. The van der Waals surface area contributed by atoms with Gasteiger partial charge in [0, 0.05) is 12.3 Å². The van der Waals surface area contributed by atoms with E-state index in [2.05, 4.69) is 0 Å². The van der Waals surface area contributed by atoms with Crippen molar-refractivity contribution in [2.45, 2.75) is 76.9 Å². The fourth-order valence-corrected chi connectivity index (χ4v) is 5.44. The van der Waals surface area contributed by atoms with Gasteiger partial charge in [-0.25, -0.2) is 4.79 Å². The third-order valence-corrected chi connectivity index (χ3v) is 8.25. The van der Waals surface area contributed by atoms with Crippen molar-refractivity contribution >= 4 is 24.5 Å². The molecule has 37 heavy (non-hydrogen) atoms. The van der Waals surface area contributed by atoms with E-state index >= 15 is 0 Å². The summed E-state index contributed by atoms with van der Waals surface area (Å²) in [5.41, 5.74) is 1.98. The molecule has 2 aromatic carbocycles. The standard InChI is InChI=1S/C29H36BNO6/c1-28(2)29(3,4)37-30(36-28)23-12-8-11-21(13-23)14-26(32)22-15-24-18-34-19-25(16-22)31(24)27(33)35-17-20-9-6-5-7-10-20/h5-13,22,24-25H,14-19H2,1-4H3. The molecule has 0 spiro atoms. The lowest BCUT2D eigenvalue weighted by molar-refractivity contribution is -0.130. The van der Waals surface area contributed by atoms with Gasteiger partial charge in [-0.2, -0.15) is 0 Å². The molecular weight excluding hydrogens is 469 g/mol. The van der Waals surface area contributed by atoms with Crippen LogP contribution in [0, 0.1) is 5.92 Å². The van der Waals surface area contributed by atoms with E-state index in [0.717, 1.165) is 16.6 Å². The van der Waals surface area contributed by atoms with Crippen molar-refractivity contribution < 1.29 is 28.4 Å². The van der Waals surface area contributed by atoms with Gasteiger partial charge in [-0.3, -0.25) is 9.69 Å². The molecule has 0 aromatic heterocycles. The van der Waals surface area contributed by atoms with Crippen molar-refractivity contribution in [1.29, 1.82) is 0 Å². The molecule has 3 heterocycles. The third-order valence-electron chi connectivity index (χ3n) is 8.25. The molecule has 0 radical (unpaired) electrons. The Hall–Kier alpha value is -2.68. The fraction of sp³-hybridized carbons (Fsp3) is 0.517. The second-order valence-electron chi connectivity index (χ2n) is 11.4. The lowest BCUT2D eigenvalue weighted by Crippen LogP contribution is -2.60. The number of carbonyl (C=O) groups is 2. The molecule has 2 aromatic rings. The molecule has 3 aliphatic heterocycles. The van der Waals surface area contributed by atoms with E-state index in [9.17, 15) is 9.59 Å². The summed E-state index contributed by atoms with van der Waals surface area (Å²) < 4.78 is 23.7. The number of fused-ring (bicyclic) bond motifs is 2. The van der Waals surface area contributed by atoms with E-state index in [4.69, 9.17) is 18.8 Å². The topological polar surface area (TPSA) is 74.3 Å². The number of benzene rings is 2. The van der Waals surface area contributed by atoms with E-state index < -0.39 is 18.3 Å². The van der Waals surface area contributed by atoms with Gasteiger partial charge in [0.15, 0.2) is 0 Å². The maximum atomic E-state index is 13.4. The lowest BCUT2D eigenvalue weighted by atomic mass is 9.77. The van der Waals surface area contributed by atoms with E-state index in [1.807, 2.05) is 82.3 Å². The molecular formula is C29H36BNO6. The Morgan fingerprint density at radius 3 is 2.19 bits per heavy atom. The van der Waals surface area contributed by atoms with Crippen LogP contribution in [-0.4, -0.2) is 60.4 Å². The van der Waals surface area contributed by atoms with Gasteiger partial charge in [-0.1, -0.05) is 54.6 Å². The van der Waals surface area contributed by atoms with Gasteiger partial charge in [-0.05, 0) is 57.1 Å². The highest BCUT2D eigenvalue weighted by molar-refractivity contribution is 6.62. The summed E-state index contributed by atoms with van der Waals surface area (Å²) in [6.45, 7) is 9.22. The molecule has 2 unspecified atom stereocenters. The number of ether oxygens (including phenoxy) is 2. The van der Waals surface area contributed by atoms with Crippen LogP contribution in [0.15, 0.2) is 54.6 Å². The first-order valence-electron chi connectivity index (χ1n) is 13.2. The van der Waals surface area contributed by atoms with Gasteiger partial charge in [0.05, 0.1) is 36.5 Å². The summed E-state index contributed by atoms with van der Waals surface area (Å²) in [7, 11) is -0.457. The predicted octanol–water partition coefficient (Wildman–Crippen LogP) is 3.91. The Bertz CT molecular complexity index is 1110. The third kappa shape index (κ3) is 5.47. The SMILES string of the molecule is CC1(C)OB(c2cccc(CC(=O)C3CC4COCC(C3)N4C(=O)OCc3ccccc3)c2)OC1(C)C. The van der Waals surface area contributed by atoms with Crippen LogP contribution in [0.2, 0.25) is 0 Å². The van der Waals surface area contributed by atoms with Crippen molar-refractivity contribution in [2.24, 2.45) is 5.92 Å². The molecule has 0 N–H and O–H groups in total. The van der Waals surface area contributed by atoms with Gasteiger partial charge < -0.3 is 18.8 Å². The Morgan fingerprint density at radius 2 is 1.54 bits per heavy atom. The van der Waals surface area contributed by atoms with Crippen molar-refractivity contribution in [1.82, 2.24) is 4.90 Å². The minimum atomic E-state index is -0.457. The van der Waals surface area contributed by atoms with Crippen LogP contribution < -0.4 is 5.46 Å². The highest BCUT2D eigenvalue weighted by atomic mass is 16.7. The van der Waals surface area contributed by atoms with Crippen molar-refractivity contribution in [3.63, 3.8) is 0 Å². The summed E-state index contributed by atoms with van der Waals surface area (Å²) in [6.07, 6.45) is 1.19. The van der Waals surface area contributed by atoms with Crippen molar-refractivity contribution in [3.05, 3.63) is 65.7 Å². The van der Waals surface area contributed by atoms with Gasteiger partial charge in [0.2, 0.25) is 0 Å². The molecule has 3 saturated heterocycles. The molecule has 0 saturated carbocycles. The maximum absolute atomic E-state index is 13.4. The molecule has 5 rings (SSSR count). The summed E-state index contributed by atoms with van der Waals surface area (Å²) in [6, 6.07) is 17.3. The summed E-state index contributed by atoms with van der Waals surface area (Å²) >= 11 is 0. The second-order valence-corrected chi connectivity index (χ2v) is 11.4. The zero-order valence-electron chi connectivity index (χ0n) is 22.1. The number of ketones is 1. The average molecular weight is 505 g/mol. The highest BCUT2D eigenvalue weighted by Gasteiger charge is 2.51. The van der Waals surface area contributed by atoms with Crippen LogP contribution in [0.25, 0.3) is 0 Å². The molecule has 3 aliphatic rings. The normalized spacial score (nSPS) is 26.1. The summed E-state index contributed by atoms with van der Waals surface area (Å²) in [5.74, 6) is 0.0813. The minimum Gasteiger partial charge on any atom is -0.445 e. The molecule has 0 aliphatic carbocycles. The number of carbonyl (C=O) groups excluding carboxylic acids is 2. The van der Waals surface area contributed by atoms with E-state index in [1.165, 1.54) is 0 Å². The number of morpholine rings is 1. The smallest absolute Gasteiger partial charge is 0.445 e. The average Bonchev–Trinajstić information content (AvgIpc) is 3.09. The molecule has 3 fully saturated rings. The molecule has 196 valence electrons. The molecule has 2 atom stereocenters. The molecule has 8 heteroatoms. The first kappa shape index (κ1) is 26.0. The first-order valence-corrected chi connectivity index (χ1v) is 13.2. The summed E-state index contributed by atoms with van der Waals surface area (Å²) in [5, 5.41) is 0. The molecule has 7 nitrogen and oxygen atoms in total. The quantitative estimate of drug-likeness (QED) is 0.555. The zero-order chi connectivity index (χ0) is 26.2. The molecule has 1 amide bonds. The van der Waals surface area contributed by atoms with E-state index in [1.54, 1.807) is 4.90 Å². The van der Waals surface area contributed by atoms with Crippen molar-refractivity contribution in [2.75, 3.05) is 13.2 Å².